The molecular formula is C22H23FN4O3. The van der Waals surface area contributed by atoms with Crippen molar-refractivity contribution < 1.29 is 18.4 Å². The number of hydrogen-bond donors (Lipinski definition) is 1. The number of rotatable bonds is 6. The molecule has 1 N–H and O–H groups in total. The van der Waals surface area contributed by atoms with Crippen molar-refractivity contribution in [3.8, 4) is 0 Å². The molecule has 1 fully saturated rings. The molecule has 2 aromatic carbocycles. The fraction of sp³-hybridized carbons (Fsp3) is 0.318. The number of nitrogens with one attached hydrogen (secondary N) is 1. The molecule has 1 aliphatic heterocycles. The molecule has 0 bridgehead atoms. The largest absolute Gasteiger partial charge is 0.367 e. The summed E-state index contributed by atoms with van der Waals surface area (Å²) in [5, 5.41) is 7.00. The van der Waals surface area contributed by atoms with Gasteiger partial charge >= 0.3 is 6.03 Å². The van der Waals surface area contributed by atoms with Crippen molar-refractivity contribution in [3.63, 3.8) is 0 Å². The number of anilines is 1. The van der Waals surface area contributed by atoms with Gasteiger partial charge in [-0.2, -0.15) is 4.98 Å². The molecule has 4 rings (SSSR count). The van der Waals surface area contributed by atoms with Gasteiger partial charge in [-0.1, -0.05) is 35.5 Å². The van der Waals surface area contributed by atoms with E-state index in [1.807, 2.05) is 30.3 Å². The molecule has 1 unspecified atom stereocenters. The maximum atomic E-state index is 13.0. The minimum atomic E-state index is -0.284. The summed E-state index contributed by atoms with van der Waals surface area (Å²) in [7, 11) is 0. The zero-order valence-corrected chi connectivity index (χ0v) is 16.5. The SMILES string of the molecule is O=C(Nc1ccccc1)N1CCCCC1c1noc(COCc2ccc(F)cc2)n1. The van der Waals surface area contributed by atoms with Gasteiger partial charge in [0.05, 0.1) is 12.6 Å². The predicted molar refractivity (Wildman–Crippen MR) is 108 cm³/mol. The van der Waals surface area contributed by atoms with Crippen LogP contribution in [0.2, 0.25) is 0 Å². The zero-order valence-electron chi connectivity index (χ0n) is 16.5. The Labute approximate surface area is 173 Å². The van der Waals surface area contributed by atoms with E-state index < -0.39 is 0 Å². The van der Waals surface area contributed by atoms with Gasteiger partial charge in [0.1, 0.15) is 12.4 Å². The van der Waals surface area contributed by atoms with Crippen LogP contribution in [-0.2, 0) is 18.0 Å². The van der Waals surface area contributed by atoms with Crippen molar-refractivity contribution >= 4 is 11.7 Å². The minimum Gasteiger partial charge on any atom is -0.367 e. The molecule has 0 saturated carbocycles. The smallest absolute Gasteiger partial charge is 0.322 e. The van der Waals surface area contributed by atoms with Crippen LogP contribution in [0.3, 0.4) is 0 Å². The number of hydrogen-bond acceptors (Lipinski definition) is 5. The Morgan fingerprint density at radius 1 is 1.13 bits per heavy atom. The fourth-order valence-corrected chi connectivity index (χ4v) is 3.46. The van der Waals surface area contributed by atoms with E-state index >= 15 is 0 Å². The summed E-state index contributed by atoms with van der Waals surface area (Å²) in [4.78, 5) is 19.0. The van der Waals surface area contributed by atoms with Crippen molar-refractivity contribution in [1.29, 1.82) is 0 Å². The van der Waals surface area contributed by atoms with Crippen LogP contribution in [-0.4, -0.2) is 27.6 Å². The number of aromatic nitrogens is 2. The molecule has 0 spiro atoms. The number of amides is 2. The molecule has 3 aromatic rings. The number of piperidine rings is 1. The third-order valence-corrected chi connectivity index (χ3v) is 4.98. The molecule has 7 nitrogen and oxygen atoms in total. The highest BCUT2D eigenvalue weighted by atomic mass is 19.1. The Bertz CT molecular complexity index is 962. The molecule has 0 aliphatic carbocycles. The number of halogens is 1. The predicted octanol–water partition coefficient (Wildman–Crippen LogP) is 4.68. The molecule has 2 heterocycles. The first-order chi connectivity index (χ1) is 14.7. The number of nitrogens with zero attached hydrogens (tertiary/aromatic N) is 3. The van der Waals surface area contributed by atoms with Gasteiger partial charge in [0.2, 0.25) is 0 Å². The first-order valence-corrected chi connectivity index (χ1v) is 9.96. The van der Waals surface area contributed by atoms with E-state index in [2.05, 4.69) is 15.5 Å². The number of benzene rings is 2. The molecule has 8 heteroatoms. The normalized spacial score (nSPS) is 16.4. The van der Waals surface area contributed by atoms with Gasteiger partial charge in [-0.3, -0.25) is 0 Å². The lowest BCUT2D eigenvalue weighted by Crippen LogP contribution is -2.41. The van der Waals surface area contributed by atoms with Crippen molar-refractivity contribution in [2.75, 3.05) is 11.9 Å². The van der Waals surface area contributed by atoms with Gasteiger partial charge < -0.3 is 19.5 Å². The second-order valence-corrected chi connectivity index (χ2v) is 7.17. The van der Waals surface area contributed by atoms with E-state index in [0.717, 1.165) is 30.5 Å². The van der Waals surface area contributed by atoms with Crippen LogP contribution in [0.4, 0.5) is 14.9 Å². The number of ether oxygens (including phenoxy) is 1. The van der Waals surface area contributed by atoms with Gasteiger partial charge in [-0.05, 0) is 49.1 Å². The lowest BCUT2D eigenvalue weighted by Gasteiger charge is -2.33. The highest BCUT2D eigenvalue weighted by Crippen LogP contribution is 2.30. The second-order valence-electron chi connectivity index (χ2n) is 7.17. The summed E-state index contributed by atoms with van der Waals surface area (Å²) in [5.41, 5.74) is 1.60. The van der Waals surface area contributed by atoms with Crippen LogP contribution in [0.1, 0.15) is 42.6 Å². The Kier molecular flexibility index (Phi) is 6.34. The summed E-state index contributed by atoms with van der Waals surface area (Å²) in [6.07, 6.45) is 2.70. The zero-order chi connectivity index (χ0) is 20.8. The van der Waals surface area contributed by atoms with E-state index in [1.54, 1.807) is 17.0 Å². The van der Waals surface area contributed by atoms with E-state index in [4.69, 9.17) is 9.26 Å². The highest BCUT2D eigenvalue weighted by molar-refractivity contribution is 5.89. The molecular weight excluding hydrogens is 387 g/mol. The Balaban J connectivity index is 1.36. The van der Waals surface area contributed by atoms with Crippen molar-refractivity contribution in [3.05, 3.63) is 77.7 Å². The maximum Gasteiger partial charge on any atom is 0.322 e. The summed E-state index contributed by atoms with van der Waals surface area (Å²) in [6, 6.07) is 15.0. The first-order valence-electron chi connectivity index (χ1n) is 9.96. The van der Waals surface area contributed by atoms with Gasteiger partial charge in [-0.25, -0.2) is 9.18 Å². The van der Waals surface area contributed by atoms with Crippen LogP contribution in [0, 0.1) is 5.82 Å². The minimum absolute atomic E-state index is 0.146. The topological polar surface area (TPSA) is 80.5 Å². The molecule has 1 aliphatic rings. The van der Waals surface area contributed by atoms with Gasteiger partial charge in [0, 0.05) is 12.2 Å². The van der Waals surface area contributed by atoms with E-state index in [-0.39, 0.29) is 24.5 Å². The van der Waals surface area contributed by atoms with Crippen molar-refractivity contribution in [2.45, 2.75) is 38.5 Å². The lowest BCUT2D eigenvalue weighted by molar-refractivity contribution is 0.0850. The number of carbonyl (C=O) groups is 1. The average molecular weight is 410 g/mol. The lowest BCUT2D eigenvalue weighted by atomic mass is 10.0. The quantitative estimate of drug-likeness (QED) is 0.638. The third-order valence-electron chi connectivity index (χ3n) is 4.98. The summed E-state index contributed by atoms with van der Waals surface area (Å²) < 4.78 is 23.9. The second kappa shape index (κ2) is 9.49. The van der Waals surface area contributed by atoms with Crippen molar-refractivity contribution in [1.82, 2.24) is 15.0 Å². The van der Waals surface area contributed by atoms with Crippen LogP contribution < -0.4 is 5.32 Å². The number of urea groups is 1. The third kappa shape index (κ3) is 5.01. The average Bonchev–Trinajstić information content (AvgIpc) is 3.25. The number of likely N-dealkylation sites (tertiary alicyclic amines) is 1. The Hall–Kier alpha value is -3.26. The van der Waals surface area contributed by atoms with Crippen LogP contribution in [0.15, 0.2) is 59.1 Å². The van der Waals surface area contributed by atoms with E-state index in [9.17, 15) is 9.18 Å². The Morgan fingerprint density at radius 2 is 1.93 bits per heavy atom. The monoisotopic (exact) mass is 410 g/mol. The molecule has 1 saturated heterocycles. The molecule has 156 valence electrons. The maximum absolute atomic E-state index is 13.0. The number of para-hydroxylation sites is 1. The summed E-state index contributed by atoms with van der Waals surface area (Å²) in [6.45, 7) is 1.09. The summed E-state index contributed by atoms with van der Waals surface area (Å²) in [5.74, 6) is 0.549. The van der Waals surface area contributed by atoms with Crippen LogP contribution in [0.25, 0.3) is 0 Å². The van der Waals surface area contributed by atoms with E-state index in [0.29, 0.717) is 24.9 Å². The molecule has 1 aromatic heterocycles. The van der Waals surface area contributed by atoms with Crippen LogP contribution in [0.5, 0.6) is 0 Å². The van der Waals surface area contributed by atoms with Gasteiger partial charge in [-0.15, -0.1) is 0 Å². The molecule has 0 radical (unpaired) electrons. The van der Waals surface area contributed by atoms with Crippen molar-refractivity contribution in [2.24, 2.45) is 0 Å². The molecule has 2 amide bonds. The first kappa shape index (κ1) is 20.0. The Morgan fingerprint density at radius 3 is 2.73 bits per heavy atom. The summed E-state index contributed by atoms with van der Waals surface area (Å²) >= 11 is 0. The molecule has 30 heavy (non-hydrogen) atoms. The van der Waals surface area contributed by atoms with Crippen LogP contribution >= 0.6 is 0 Å². The van der Waals surface area contributed by atoms with E-state index in [1.165, 1.54) is 12.1 Å². The van der Waals surface area contributed by atoms with Gasteiger partial charge in [0.15, 0.2) is 5.82 Å². The fourth-order valence-electron chi connectivity index (χ4n) is 3.46. The highest BCUT2D eigenvalue weighted by Gasteiger charge is 2.31. The van der Waals surface area contributed by atoms with Gasteiger partial charge in [0.25, 0.3) is 5.89 Å². The number of carbonyl (C=O) groups excluding carboxylic acids is 1. The standard InChI is InChI=1S/C22H23FN4O3/c23-17-11-9-16(10-12-17)14-29-15-20-25-21(26-30-20)19-8-4-5-13-27(19)22(28)24-18-6-2-1-3-7-18/h1-3,6-7,9-12,19H,4-5,8,13-15H2,(H,24,28). The molecule has 1 atom stereocenters.